The number of esters is 1. The Kier molecular flexibility index (Phi) is 8.45. The first kappa shape index (κ1) is 12.4. The van der Waals surface area contributed by atoms with E-state index in [4.69, 9.17) is 0 Å². The molecule has 0 bridgehead atoms. The highest BCUT2D eigenvalue weighted by Gasteiger charge is 1.92. The number of hydrogen-bond donors (Lipinski definition) is 0. The number of carbonyl (C=O) groups is 1. The third kappa shape index (κ3) is 8.53. The molecule has 0 aliphatic heterocycles. The fourth-order valence-electron chi connectivity index (χ4n) is 0.639. The van der Waals surface area contributed by atoms with E-state index < -0.39 is 0 Å². The maximum atomic E-state index is 10.3. The van der Waals surface area contributed by atoms with Crippen molar-refractivity contribution in [1.82, 2.24) is 0 Å². The number of rotatable bonds is 3. The Balaban J connectivity index is 0.000000249. The quantitative estimate of drug-likeness (QED) is 0.543. The van der Waals surface area contributed by atoms with E-state index in [9.17, 15) is 4.79 Å². The summed E-state index contributed by atoms with van der Waals surface area (Å²) in [5.41, 5.74) is 0. The number of ether oxygens (including phenoxy) is 1. The molecule has 0 saturated heterocycles. The summed E-state index contributed by atoms with van der Waals surface area (Å²) in [6.45, 7) is 5.47. The summed E-state index contributed by atoms with van der Waals surface area (Å²) in [6, 6.07) is 12.0. The highest BCUT2D eigenvalue weighted by molar-refractivity contribution is 5.68. The first-order chi connectivity index (χ1) is 6.81. The molecule has 0 aliphatic rings. The van der Waals surface area contributed by atoms with Gasteiger partial charge >= 0.3 is 5.97 Å². The van der Waals surface area contributed by atoms with E-state index in [0.717, 1.165) is 0 Å². The van der Waals surface area contributed by atoms with Gasteiger partial charge in [0.25, 0.3) is 0 Å². The lowest BCUT2D eigenvalue weighted by Crippen LogP contribution is -2.00. The molecule has 1 rings (SSSR count). The molecule has 0 radical (unpaired) electrons. The summed E-state index contributed by atoms with van der Waals surface area (Å²) in [4.78, 5) is 10.3. The lowest BCUT2D eigenvalue weighted by Gasteiger charge is -1.94. The van der Waals surface area contributed by atoms with Gasteiger partial charge in [-0.25, -0.2) is 0 Å². The Morgan fingerprint density at radius 2 is 1.64 bits per heavy atom. The zero-order valence-corrected chi connectivity index (χ0v) is 8.48. The highest BCUT2D eigenvalue weighted by Crippen LogP contribution is 1.82. The smallest absolute Gasteiger partial charge is 0.305 e. The third-order valence-corrected chi connectivity index (χ3v) is 1.32. The van der Waals surface area contributed by atoms with Gasteiger partial charge < -0.3 is 4.74 Å². The molecule has 14 heavy (non-hydrogen) atoms. The monoisotopic (exact) mass is 192 g/mol. The van der Waals surface area contributed by atoms with Gasteiger partial charge in [0, 0.05) is 6.42 Å². The van der Waals surface area contributed by atoms with Crippen LogP contribution in [-0.4, -0.2) is 12.6 Å². The SMILES string of the molecule is C=CCOC(=O)CC.c1ccccc1. The van der Waals surface area contributed by atoms with Crippen LogP contribution in [0.4, 0.5) is 0 Å². The van der Waals surface area contributed by atoms with Gasteiger partial charge in [-0.1, -0.05) is 56.0 Å². The van der Waals surface area contributed by atoms with Crippen molar-refractivity contribution in [3.8, 4) is 0 Å². The molecule has 0 fully saturated rings. The minimum Gasteiger partial charge on any atom is -0.461 e. The van der Waals surface area contributed by atoms with E-state index in [-0.39, 0.29) is 5.97 Å². The molecule has 0 amide bonds. The third-order valence-electron chi connectivity index (χ3n) is 1.32. The molecule has 0 N–H and O–H groups in total. The zero-order chi connectivity index (χ0) is 10.6. The van der Waals surface area contributed by atoms with Gasteiger partial charge in [-0.15, -0.1) is 0 Å². The van der Waals surface area contributed by atoms with Crippen molar-refractivity contribution in [1.29, 1.82) is 0 Å². The van der Waals surface area contributed by atoms with E-state index in [1.54, 1.807) is 13.0 Å². The predicted octanol–water partition coefficient (Wildman–Crippen LogP) is 2.81. The van der Waals surface area contributed by atoms with Gasteiger partial charge in [-0.3, -0.25) is 4.79 Å². The lowest BCUT2D eigenvalue weighted by molar-refractivity contribution is -0.141. The lowest BCUT2D eigenvalue weighted by atomic mass is 10.4. The molecule has 0 atom stereocenters. The van der Waals surface area contributed by atoms with Crippen molar-refractivity contribution in [2.24, 2.45) is 0 Å². The van der Waals surface area contributed by atoms with Crippen molar-refractivity contribution in [3.63, 3.8) is 0 Å². The van der Waals surface area contributed by atoms with Crippen molar-refractivity contribution in [3.05, 3.63) is 49.1 Å². The van der Waals surface area contributed by atoms with Gasteiger partial charge in [0.15, 0.2) is 0 Å². The van der Waals surface area contributed by atoms with E-state index in [1.807, 2.05) is 36.4 Å². The number of carbonyl (C=O) groups excluding carboxylic acids is 1. The molecule has 0 spiro atoms. The zero-order valence-electron chi connectivity index (χ0n) is 8.48. The fraction of sp³-hybridized carbons (Fsp3) is 0.250. The number of hydrogen-bond acceptors (Lipinski definition) is 2. The molecule has 2 nitrogen and oxygen atoms in total. The van der Waals surface area contributed by atoms with E-state index in [1.165, 1.54) is 0 Å². The Hall–Kier alpha value is -1.57. The molecule has 1 aromatic rings. The van der Waals surface area contributed by atoms with Crippen LogP contribution in [0.3, 0.4) is 0 Å². The van der Waals surface area contributed by atoms with Gasteiger partial charge in [0.1, 0.15) is 6.61 Å². The van der Waals surface area contributed by atoms with Crippen LogP contribution in [0.5, 0.6) is 0 Å². The minimum atomic E-state index is -0.176. The van der Waals surface area contributed by atoms with Crippen LogP contribution < -0.4 is 0 Å². The van der Waals surface area contributed by atoms with Gasteiger partial charge in [-0.2, -0.15) is 0 Å². The largest absolute Gasteiger partial charge is 0.461 e. The van der Waals surface area contributed by atoms with Crippen LogP contribution in [0.1, 0.15) is 13.3 Å². The second-order valence-corrected chi connectivity index (χ2v) is 2.48. The fourth-order valence-corrected chi connectivity index (χ4v) is 0.639. The van der Waals surface area contributed by atoms with Crippen molar-refractivity contribution >= 4 is 5.97 Å². The molecule has 76 valence electrons. The Labute approximate surface area is 85.2 Å². The van der Waals surface area contributed by atoms with Crippen LogP contribution in [-0.2, 0) is 9.53 Å². The Bertz CT molecular complexity index is 215. The second kappa shape index (κ2) is 9.52. The Morgan fingerprint density at radius 3 is 1.93 bits per heavy atom. The molecule has 0 saturated carbocycles. The summed E-state index contributed by atoms with van der Waals surface area (Å²) in [5, 5.41) is 0. The van der Waals surface area contributed by atoms with Crippen molar-refractivity contribution in [2.45, 2.75) is 13.3 Å². The summed E-state index contributed by atoms with van der Waals surface area (Å²) >= 11 is 0. The van der Waals surface area contributed by atoms with E-state index in [2.05, 4.69) is 11.3 Å². The molecular weight excluding hydrogens is 176 g/mol. The summed E-state index contributed by atoms with van der Waals surface area (Å²) in [5.74, 6) is -0.176. The minimum absolute atomic E-state index is 0.176. The van der Waals surface area contributed by atoms with E-state index in [0.29, 0.717) is 13.0 Å². The summed E-state index contributed by atoms with van der Waals surface area (Å²) in [7, 11) is 0. The molecular formula is C12H16O2. The summed E-state index contributed by atoms with van der Waals surface area (Å²) < 4.78 is 4.58. The second-order valence-electron chi connectivity index (χ2n) is 2.48. The van der Waals surface area contributed by atoms with Gasteiger partial charge in [0.2, 0.25) is 0 Å². The highest BCUT2D eigenvalue weighted by atomic mass is 16.5. The first-order valence-corrected chi connectivity index (χ1v) is 4.57. The average molecular weight is 192 g/mol. The molecule has 0 unspecified atom stereocenters. The van der Waals surface area contributed by atoms with Crippen LogP contribution in [0.25, 0.3) is 0 Å². The molecule has 2 heteroatoms. The molecule has 1 aromatic carbocycles. The van der Waals surface area contributed by atoms with Crippen molar-refractivity contribution < 1.29 is 9.53 Å². The summed E-state index contributed by atoms with van der Waals surface area (Å²) in [6.07, 6.45) is 1.99. The molecule has 0 heterocycles. The maximum absolute atomic E-state index is 10.3. The van der Waals surface area contributed by atoms with Crippen LogP contribution in [0.2, 0.25) is 0 Å². The average Bonchev–Trinajstić information content (AvgIpc) is 2.29. The molecule has 0 aliphatic carbocycles. The number of benzene rings is 1. The standard InChI is InChI=1S/C6H10O2.C6H6/c1-3-5-8-6(7)4-2;1-2-4-6-5-3-1/h3H,1,4-5H2,2H3;1-6H. The van der Waals surface area contributed by atoms with Gasteiger partial charge in [-0.05, 0) is 0 Å². The predicted molar refractivity (Wildman–Crippen MR) is 57.9 cm³/mol. The van der Waals surface area contributed by atoms with Crippen LogP contribution >= 0.6 is 0 Å². The normalized spacial score (nSPS) is 8.07. The van der Waals surface area contributed by atoms with Crippen LogP contribution in [0.15, 0.2) is 49.1 Å². The first-order valence-electron chi connectivity index (χ1n) is 4.57. The van der Waals surface area contributed by atoms with Crippen molar-refractivity contribution in [2.75, 3.05) is 6.61 Å². The van der Waals surface area contributed by atoms with E-state index >= 15 is 0 Å². The molecule has 0 aromatic heterocycles. The Morgan fingerprint density at radius 1 is 1.21 bits per heavy atom. The van der Waals surface area contributed by atoms with Crippen LogP contribution in [0, 0.1) is 0 Å². The maximum Gasteiger partial charge on any atom is 0.305 e. The van der Waals surface area contributed by atoms with Gasteiger partial charge in [0.05, 0.1) is 0 Å². The topological polar surface area (TPSA) is 26.3 Å².